The Balaban J connectivity index is 2.43. The lowest BCUT2D eigenvalue weighted by Crippen LogP contribution is -2.41. The van der Waals surface area contributed by atoms with Gasteiger partial charge in [0, 0.05) is 25.4 Å². The fraction of sp³-hybridized carbons (Fsp3) is 0.800. The normalized spacial score (nSPS) is 15.5. The van der Waals surface area contributed by atoms with Gasteiger partial charge >= 0.3 is 0 Å². The third kappa shape index (κ3) is 6.43. The van der Waals surface area contributed by atoms with Crippen LogP contribution in [0, 0.1) is 5.92 Å². The number of hydrogen-bond donors (Lipinski definition) is 3. The van der Waals surface area contributed by atoms with Crippen LogP contribution in [0.25, 0.3) is 0 Å². The van der Waals surface area contributed by atoms with E-state index in [1.54, 1.807) is 10.4 Å². The highest BCUT2D eigenvalue weighted by Gasteiger charge is 2.23. The third-order valence-electron chi connectivity index (χ3n) is 3.96. The summed E-state index contributed by atoms with van der Waals surface area (Å²) in [6, 6.07) is 0. The topological polar surface area (TPSA) is 98.7 Å². The van der Waals surface area contributed by atoms with E-state index in [1.807, 2.05) is 0 Å². The Morgan fingerprint density at radius 3 is 2.45 bits per heavy atom. The van der Waals surface area contributed by atoms with Gasteiger partial charge in [-0.3, -0.25) is 19.6 Å². The van der Waals surface area contributed by atoms with Crippen molar-refractivity contribution in [3.05, 3.63) is 0 Å². The molecule has 7 heteroatoms. The van der Waals surface area contributed by atoms with Crippen molar-refractivity contribution >= 4 is 17.7 Å². The van der Waals surface area contributed by atoms with E-state index >= 15 is 0 Å². The fourth-order valence-corrected chi connectivity index (χ4v) is 2.62. The lowest BCUT2D eigenvalue weighted by Gasteiger charge is -2.18. The maximum atomic E-state index is 12.2. The summed E-state index contributed by atoms with van der Waals surface area (Å²) in [6.45, 7) is 3.54. The molecule has 7 nitrogen and oxygen atoms in total. The quantitative estimate of drug-likeness (QED) is 0.333. The van der Waals surface area contributed by atoms with Crippen molar-refractivity contribution in [2.24, 2.45) is 5.92 Å². The van der Waals surface area contributed by atoms with Crippen molar-refractivity contribution in [3.8, 4) is 0 Å². The van der Waals surface area contributed by atoms with Gasteiger partial charge in [0.05, 0.1) is 6.54 Å². The van der Waals surface area contributed by atoms with Gasteiger partial charge in [-0.05, 0) is 19.3 Å². The van der Waals surface area contributed by atoms with E-state index in [4.69, 9.17) is 5.21 Å². The van der Waals surface area contributed by atoms with Crippen molar-refractivity contribution < 1.29 is 19.6 Å². The number of amides is 3. The van der Waals surface area contributed by atoms with Crippen molar-refractivity contribution in [1.29, 1.82) is 0 Å². The van der Waals surface area contributed by atoms with Gasteiger partial charge in [0.2, 0.25) is 17.7 Å². The zero-order chi connectivity index (χ0) is 16.4. The smallest absolute Gasteiger partial charge is 0.244 e. The molecule has 3 N–H and O–H groups in total. The average Bonchev–Trinajstić information content (AvgIpc) is 3.05. The first-order valence-electron chi connectivity index (χ1n) is 8.06. The van der Waals surface area contributed by atoms with Crippen molar-refractivity contribution in [3.63, 3.8) is 0 Å². The number of nitrogens with one attached hydrogen (secondary N) is 2. The van der Waals surface area contributed by atoms with Crippen LogP contribution in [-0.2, 0) is 14.4 Å². The van der Waals surface area contributed by atoms with Gasteiger partial charge in [0.1, 0.15) is 0 Å². The molecule has 1 unspecified atom stereocenters. The molecule has 126 valence electrons. The predicted octanol–water partition coefficient (Wildman–Crippen LogP) is 0.817. The molecule has 0 aromatic carbocycles. The number of hydroxylamine groups is 1. The minimum Gasteiger partial charge on any atom is -0.347 e. The Kier molecular flexibility index (Phi) is 8.50. The zero-order valence-electron chi connectivity index (χ0n) is 13.3. The van der Waals surface area contributed by atoms with Crippen LogP contribution in [0.1, 0.15) is 51.9 Å². The highest BCUT2D eigenvalue weighted by atomic mass is 16.5. The molecule has 22 heavy (non-hydrogen) atoms. The highest BCUT2D eigenvalue weighted by Crippen LogP contribution is 2.14. The minimum absolute atomic E-state index is 0.0240. The van der Waals surface area contributed by atoms with Crippen LogP contribution < -0.4 is 10.8 Å². The lowest BCUT2D eigenvalue weighted by atomic mass is 9.96. The first-order chi connectivity index (χ1) is 10.6. The number of carbonyl (C=O) groups excluding carboxylic acids is 3. The van der Waals surface area contributed by atoms with Crippen LogP contribution in [0.15, 0.2) is 0 Å². The van der Waals surface area contributed by atoms with Gasteiger partial charge in [-0.25, -0.2) is 5.48 Å². The minimum atomic E-state index is -0.581. The average molecular weight is 313 g/mol. The molecule has 1 aliphatic heterocycles. The molecule has 1 heterocycles. The van der Waals surface area contributed by atoms with Gasteiger partial charge in [0.15, 0.2) is 0 Å². The molecular weight excluding hydrogens is 286 g/mol. The van der Waals surface area contributed by atoms with E-state index in [0.29, 0.717) is 6.42 Å². The van der Waals surface area contributed by atoms with Crippen molar-refractivity contribution in [1.82, 2.24) is 15.7 Å². The molecule has 3 amide bonds. The number of likely N-dealkylation sites (tertiary alicyclic amines) is 1. The Bertz CT molecular complexity index is 381. The van der Waals surface area contributed by atoms with Crippen LogP contribution in [0.4, 0.5) is 0 Å². The number of nitrogens with zero attached hydrogens (tertiary/aromatic N) is 1. The van der Waals surface area contributed by atoms with Crippen molar-refractivity contribution in [2.45, 2.75) is 51.9 Å². The number of hydrogen-bond acceptors (Lipinski definition) is 4. The van der Waals surface area contributed by atoms with Crippen LogP contribution >= 0.6 is 0 Å². The summed E-state index contributed by atoms with van der Waals surface area (Å²) in [4.78, 5) is 37.1. The molecule has 0 aromatic heterocycles. The summed E-state index contributed by atoms with van der Waals surface area (Å²) in [7, 11) is 0. The molecule has 0 aromatic rings. The summed E-state index contributed by atoms with van der Waals surface area (Å²) in [5, 5.41) is 11.2. The molecule has 0 aliphatic carbocycles. The van der Waals surface area contributed by atoms with Gasteiger partial charge in [-0.1, -0.05) is 26.2 Å². The van der Waals surface area contributed by atoms with E-state index in [1.165, 1.54) is 0 Å². The molecule has 1 atom stereocenters. The van der Waals surface area contributed by atoms with Gasteiger partial charge in [-0.15, -0.1) is 0 Å². The Labute approximate surface area is 131 Å². The molecule has 1 rings (SSSR count). The Morgan fingerprint density at radius 1 is 1.18 bits per heavy atom. The zero-order valence-corrected chi connectivity index (χ0v) is 13.3. The van der Waals surface area contributed by atoms with E-state index in [-0.39, 0.29) is 24.8 Å². The molecule has 0 spiro atoms. The molecule has 0 bridgehead atoms. The second-order valence-corrected chi connectivity index (χ2v) is 5.74. The summed E-state index contributed by atoms with van der Waals surface area (Å²) in [5.74, 6) is -1.47. The third-order valence-corrected chi connectivity index (χ3v) is 3.96. The molecule has 1 saturated heterocycles. The van der Waals surface area contributed by atoms with Crippen molar-refractivity contribution in [2.75, 3.05) is 19.6 Å². The monoisotopic (exact) mass is 313 g/mol. The predicted molar refractivity (Wildman–Crippen MR) is 81.0 cm³/mol. The summed E-state index contributed by atoms with van der Waals surface area (Å²) in [5.41, 5.74) is 1.56. The van der Waals surface area contributed by atoms with Crippen LogP contribution in [0.2, 0.25) is 0 Å². The molecule has 0 saturated carbocycles. The SMILES string of the molecule is CCCCCC(CC(=O)NO)C(=O)NCC(=O)N1CCCC1. The maximum Gasteiger partial charge on any atom is 0.244 e. The highest BCUT2D eigenvalue weighted by molar-refractivity contribution is 5.88. The largest absolute Gasteiger partial charge is 0.347 e. The summed E-state index contributed by atoms with van der Waals surface area (Å²) < 4.78 is 0. The first kappa shape index (κ1) is 18.4. The fourth-order valence-electron chi connectivity index (χ4n) is 2.62. The van der Waals surface area contributed by atoms with E-state index in [9.17, 15) is 14.4 Å². The molecule has 1 aliphatic rings. The standard InChI is InChI=1S/C15H27N3O4/c1-2-3-4-7-12(10-13(19)17-22)15(21)16-11-14(20)18-8-5-6-9-18/h12,22H,2-11H2,1H3,(H,16,21)(H,17,19). The number of rotatable bonds is 9. The van der Waals surface area contributed by atoms with Crippen LogP contribution in [0.5, 0.6) is 0 Å². The van der Waals surface area contributed by atoms with Gasteiger partial charge in [0.25, 0.3) is 0 Å². The number of unbranched alkanes of at least 4 members (excludes halogenated alkanes) is 2. The van der Waals surface area contributed by atoms with E-state index in [2.05, 4.69) is 12.2 Å². The van der Waals surface area contributed by atoms with Gasteiger partial charge in [-0.2, -0.15) is 0 Å². The van der Waals surface area contributed by atoms with Crippen LogP contribution in [0.3, 0.4) is 0 Å². The lowest BCUT2D eigenvalue weighted by molar-refractivity contribution is -0.136. The maximum absolute atomic E-state index is 12.2. The Hall–Kier alpha value is -1.63. The van der Waals surface area contributed by atoms with Crippen LogP contribution in [-0.4, -0.2) is 47.5 Å². The molecular formula is C15H27N3O4. The Morgan fingerprint density at radius 2 is 1.86 bits per heavy atom. The second-order valence-electron chi connectivity index (χ2n) is 5.74. The van der Waals surface area contributed by atoms with E-state index < -0.39 is 11.8 Å². The first-order valence-corrected chi connectivity index (χ1v) is 8.06. The summed E-state index contributed by atoms with van der Waals surface area (Å²) in [6.07, 6.45) is 5.37. The van der Waals surface area contributed by atoms with E-state index in [0.717, 1.165) is 45.2 Å². The molecule has 0 radical (unpaired) electrons. The summed E-state index contributed by atoms with van der Waals surface area (Å²) >= 11 is 0. The van der Waals surface area contributed by atoms with Gasteiger partial charge < -0.3 is 10.2 Å². The second kappa shape index (κ2) is 10.2. The number of carbonyl (C=O) groups is 3. The molecule has 1 fully saturated rings.